The summed E-state index contributed by atoms with van der Waals surface area (Å²) in [5.74, 6) is -0.162. The van der Waals surface area contributed by atoms with Crippen molar-refractivity contribution in [2.24, 2.45) is 0 Å². The first kappa shape index (κ1) is 19.5. The van der Waals surface area contributed by atoms with Crippen LogP contribution in [0.4, 0.5) is 17.1 Å². The van der Waals surface area contributed by atoms with Gasteiger partial charge in [0, 0.05) is 47.0 Å². The Morgan fingerprint density at radius 2 is 1.86 bits per heavy atom. The highest BCUT2D eigenvalue weighted by Crippen LogP contribution is 2.35. The first-order chi connectivity index (χ1) is 13.3. The van der Waals surface area contributed by atoms with Crippen LogP contribution >= 0.6 is 0 Å². The molecular weight excluding hydrogens is 352 g/mol. The third-order valence-electron chi connectivity index (χ3n) is 5.01. The molecule has 0 saturated carbocycles. The molecule has 0 radical (unpaired) electrons. The number of nitrogens with two attached hydrogens (primary N) is 1. The van der Waals surface area contributed by atoms with Gasteiger partial charge in [0.05, 0.1) is 5.57 Å². The first-order valence-corrected chi connectivity index (χ1v) is 9.44. The number of nitrogens with zero attached hydrogens (tertiary/aromatic N) is 1. The molecule has 146 valence electrons. The zero-order valence-corrected chi connectivity index (χ0v) is 16.7. The standard InChI is InChI=1S/C22H26N4O2/c1-5-26(6-2)22(28)17-12-16(9-7-13(17)3)24-14(4)20-18-11-15(23)8-10-19(18)25-21(20)27/h7-12,24H,5-6,23H2,1-4H3,(H,25,27). The highest BCUT2D eigenvalue weighted by Gasteiger charge is 2.26. The first-order valence-electron chi connectivity index (χ1n) is 9.44. The lowest BCUT2D eigenvalue weighted by molar-refractivity contribution is -0.110. The molecule has 0 atom stereocenters. The zero-order chi connectivity index (χ0) is 20.4. The van der Waals surface area contributed by atoms with Crippen LogP contribution < -0.4 is 16.4 Å². The molecule has 0 spiro atoms. The Labute approximate surface area is 165 Å². The summed E-state index contributed by atoms with van der Waals surface area (Å²) < 4.78 is 0. The summed E-state index contributed by atoms with van der Waals surface area (Å²) in [5, 5.41) is 6.14. The molecule has 4 N–H and O–H groups in total. The van der Waals surface area contributed by atoms with E-state index in [9.17, 15) is 9.59 Å². The third-order valence-corrected chi connectivity index (χ3v) is 5.01. The average molecular weight is 378 g/mol. The molecule has 6 nitrogen and oxygen atoms in total. The molecule has 1 aliphatic heterocycles. The molecule has 0 aromatic heterocycles. The number of rotatable bonds is 5. The SMILES string of the molecule is CCN(CC)C(=O)c1cc(NC(C)=C2C(=O)Nc3ccc(N)cc32)ccc1C. The molecule has 2 aromatic rings. The predicted octanol–water partition coefficient (Wildman–Crippen LogP) is 3.85. The van der Waals surface area contributed by atoms with Crippen molar-refractivity contribution >= 4 is 34.4 Å². The van der Waals surface area contributed by atoms with Crippen LogP contribution in [0.5, 0.6) is 0 Å². The zero-order valence-electron chi connectivity index (χ0n) is 16.7. The monoisotopic (exact) mass is 378 g/mol. The number of anilines is 3. The maximum absolute atomic E-state index is 12.8. The maximum atomic E-state index is 12.8. The summed E-state index contributed by atoms with van der Waals surface area (Å²) in [6, 6.07) is 11.0. The van der Waals surface area contributed by atoms with E-state index in [1.807, 2.05) is 45.9 Å². The molecule has 2 aromatic carbocycles. The Kier molecular flexibility index (Phi) is 5.40. The molecular formula is C22H26N4O2. The van der Waals surface area contributed by atoms with Crippen LogP contribution in [0, 0.1) is 6.92 Å². The fourth-order valence-electron chi connectivity index (χ4n) is 3.45. The van der Waals surface area contributed by atoms with E-state index in [1.165, 1.54) is 0 Å². The minimum absolute atomic E-state index is 0.00758. The van der Waals surface area contributed by atoms with E-state index in [0.717, 1.165) is 22.5 Å². The molecule has 0 saturated heterocycles. The van der Waals surface area contributed by atoms with Gasteiger partial charge in [-0.15, -0.1) is 0 Å². The van der Waals surface area contributed by atoms with Crippen molar-refractivity contribution in [2.45, 2.75) is 27.7 Å². The van der Waals surface area contributed by atoms with Crippen LogP contribution in [0.2, 0.25) is 0 Å². The minimum atomic E-state index is -0.169. The van der Waals surface area contributed by atoms with E-state index in [4.69, 9.17) is 5.73 Å². The summed E-state index contributed by atoms with van der Waals surface area (Å²) in [7, 11) is 0. The summed E-state index contributed by atoms with van der Waals surface area (Å²) in [6.45, 7) is 9.03. The van der Waals surface area contributed by atoms with Crippen LogP contribution in [0.1, 0.15) is 42.3 Å². The van der Waals surface area contributed by atoms with Crippen molar-refractivity contribution in [1.29, 1.82) is 0 Å². The third kappa shape index (κ3) is 3.58. The number of allylic oxidation sites excluding steroid dienone is 1. The van der Waals surface area contributed by atoms with Crippen molar-refractivity contribution in [3.8, 4) is 0 Å². The molecule has 1 heterocycles. The minimum Gasteiger partial charge on any atom is -0.399 e. The number of fused-ring (bicyclic) bond motifs is 1. The lowest BCUT2D eigenvalue weighted by Gasteiger charge is -2.20. The lowest BCUT2D eigenvalue weighted by atomic mass is 10.0. The van der Waals surface area contributed by atoms with Crippen LogP contribution in [0.15, 0.2) is 42.1 Å². The number of aryl methyl sites for hydroxylation is 1. The number of hydrogen-bond acceptors (Lipinski definition) is 4. The van der Waals surface area contributed by atoms with E-state index in [2.05, 4.69) is 10.6 Å². The highest BCUT2D eigenvalue weighted by molar-refractivity contribution is 6.32. The highest BCUT2D eigenvalue weighted by atomic mass is 16.2. The van der Waals surface area contributed by atoms with Crippen LogP contribution in [-0.4, -0.2) is 29.8 Å². The van der Waals surface area contributed by atoms with Crippen molar-refractivity contribution in [3.05, 3.63) is 58.8 Å². The van der Waals surface area contributed by atoms with Gasteiger partial charge in [-0.2, -0.15) is 0 Å². The molecule has 6 heteroatoms. The van der Waals surface area contributed by atoms with Gasteiger partial charge in [0.2, 0.25) is 0 Å². The number of nitrogens with one attached hydrogen (secondary N) is 2. The fourth-order valence-corrected chi connectivity index (χ4v) is 3.45. The molecule has 0 bridgehead atoms. The second-order valence-corrected chi connectivity index (χ2v) is 6.89. The van der Waals surface area contributed by atoms with E-state index in [0.29, 0.717) is 35.6 Å². The molecule has 28 heavy (non-hydrogen) atoms. The predicted molar refractivity (Wildman–Crippen MR) is 114 cm³/mol. The summed E-state index contributed by atoms with van der Waals surface area (Å²) in [5.41, 5.74) is 11.6. The van der Waals surface area contributed by atoms with E-state index in [-0.39, 0.29) is 11.8 Å². The molecule has 0 unspecified atom stereocenters. The Bertz CT molecular complexity index is 974. The second kappa shape index (κ2) is 7.76. The topological polar surface area (TPSA) is 87.5 Å². The van der Waals surface area contributed by atoms with Gasteiger partial charge in [0.15, 0.2) is 0 Å². The Hall–Kier alpha value is -3.28. The number of hydrogen-bond donors (Lipinski definition) is 3. The van der Waals surface area contributed by atoms with Crippen molar-refractivity contribution in [2.75, 3.05) is 29.5 Å². The average Bonchev–Trinajstić information content (AvgIpc) is 2.99. The summed E-state index contributed by atoms with van der Waals surface area (Å²) >= 11 is 0. The second-order valence-electron chi connectivity index (χ2n) is 6.89. The van der Waals surface area contributed by atoms with E-state index in [1.54, 1.807) is 23.1 Å². The van der Waals surface area contributed by atoms with Gasteiger partial charge in [0.1, 0.15) is 0 Å². The van der Waals surface area contributed by atoms with E-state index < -0.39 is 0 Å². The van der Waals surface area contributed by atoms with Crippen molar-refractivity contribution < 1.29 is 9.59 Å². The van der Waals surface area contributed by atoms with Gasteiger partial charge in [-0.05, 0) is 63.6 Å². The molecule has 1 aliphatic rings. The van der Waals surface area contributed by atoms with Gasteiger partial charge >= 0.3 is 0 Å². The molecule has 0 fully saturated rings. The largest absolute Gasteiger partial charge is 0.399 e. The Morgan fingerprint density at radius 3 is 2.54 bits per heavy atom. The van der Waals surface area contributed by atoms with Gasteiger partial charge in [-0.3, -0.25) is 9.59 Å². The number of carbonyl (C=O) groups is 2. The quantitative estimate of drug-likeness (QED) is 0.545. The van der Waals surface area contributed by atoms with Crippen LogP contribution in [-0.2, 0) is 4.79 Å². The Morgan fingerprint density at radius 1 is 1.14 bits per heavy atom. The van der Waals surface area contributed by atoms with Crippen molar-refractivity contribution in [3.63, 3.8) is 0 Å². The normalized spacial score (nSPS) is 14.4. The van der Waals surface area contributed by atoms with Gasteiger partial charge < -0.3 is 21.3 Å². The van der Waals surface area contributed by atoms with E-state index >= 15 is 0 Å². The fraction of sp³-hybridized carbons (Fsp3) is 0.273. The number of carbonyl (C=O) groups excluding carboxylic acids is 2. The Balaban J connectivity index is 1.96. The van der Waals surface area contributed by atoms with Gasteiger partial charge in [-0.1, -0.05) is 6.07 Å². The molecule has 0 aliphatic carbocycles. The van der Waals surface area contributed by atoms with Gasteiger partial charge in [0.25, 0.3) is 11.8 Å². The summed E-state index contributed by atoms with van der Waals surface area (Å²) in [6.07, 6.45) is 0. The smallest absolute Gasteiger partial charge is 0.258 e. The van der Waals surface area contributed by atoms with Crippen LogP contribution in [0.25, 0.3) is 5.57 Å². The molecule has 3 rings (SSSR count). The maximum Gasteiger partial charge on any atom is 0.258 e. The number of nitrogen functional groups attached to an aromatic ring is 1. The number of amides is 2. The van der Waals surface area contributed by atoms with Crippen LogP contribution in [0.3, 0.4) is 0 Å². The lowest BCUT2D eigenvalue weighted by Crippen LogP contribution is -2.31. The molecule has 2 amide bonds. The number of benzene rings is 2. The van der Waals surface area contributed by atoms with Crippen molar-refractivity contribution in [1.82, 2.24) is 4.90 Å². The van der Waals surface area contributed by atoms with Gasteiger partial charge in [-0.25, -0.2) is 0 Å². The summed E-state index contributed by atoms with van der Waals surface area (Å²) in [4.78, 5) is 27.0.